The Bertz CT molecular complexity index is 2700. The Morgan fingerprint density at radius 1 is 0.469 bits per heavy atom. The summed E-state index contributed by atoms with van der Waals surface area (Å²) in [5.74, 6) is -12.4. The van der Waals surface area contributed by atoms with Crippen LogP contribution >= 0.6 is 0 Å². The topological polar surface area (TPSA) is 679 Å². The van der Waals surface area contributed by atoms with Crippen LogP contribution < -0.4 is 56.2 Å². The molecule has 41 nitrogen and oxygen atoms in total. The van der Waals surface area contributed by atoms with Crippen LogP contribution in [0.5, 0.6) is 5.75 Å². The first-order valence-electron chi connectivity index (χ1n) is 36.5. The molecule has 0 spiro atoms. The van der Waals surface area contributed by atoms with Crippen LogP contribution in [0.25, 0.3) is 0 Å². The number of carboxylic acid groups (broad SMARTS) is 8. The number of hydrogen-bond acceptors (Lipinski definition) is 39. The van der Waals surface area contributed by atoms with Gasteiger partial charge in [-0.2, -0.15) is 0 Å². The summed E-state index contributed by atoms with van der Waals surface area (Å²) in [7, 11) is -4.45. The summed E-state index contributed by atoms with van der Waals surface area (Å²) in [5, 5.41) is 161. The first kappa shape index (κ1) is 120. The van der Waals surface area contributed by atoms with Gasteiger partial charge < -0.3 is 168 Å². The van der Waals surface area contributed by atoms with Crippen LogP contribution in [0, 0.1) is 6.92 Å². The van der Waals surface area contributed by atoms with E-state index in [1.54, 1.807) is 6.07 Å². The largest absolute Gasteiger partial charge is 2.00 e. The minimum absolute atomic E-state index is 0. The number of aliphatic carboxylic acids is 7. The quantitative estimate of drug-likeness (QED) is 0.0125. The molecule has 0 aromatic heterocycles. The molecule has 8 atom stereocenters. The van der Waals surface area contributed by atoms with Crippen LogP contribution in [0.4, 0.5) is 0 Å². The Labute approximate surface area is 691 Å². The third kappa shape index (κ3) is 82.5. The summed E-state index contributed by atoms with van der Waals surface area (Å²) in [6, 6.07) is 3.30. The number of carboxylic acids is 8. The molecular formula is C70H121CaN4O37S-7. The van der Waals surface area contributed by atoms with Crippen LogP contribution in [0.15, 0.2) is 18.2 Å². The Morgan fingerprint density at radius 2 is 0.912 bits per heavy atom. The van der Waals surface area contributed by atoms with E-state index in [9.17, 15) is 117 Å². The van der Waals surface area contributed by atoms with Crippen molar-refractivity contribution in [3.63, 3.8) is 0 Å². The fourth-order valence-electron chi connectivity index (χ4n) is 7.70. The molecule has 8 unspecified atom stereocenters. The van der Waals surface area contributed by atoms with Gasteiger partial charge in [0.2, 0.25) is 22.2 Å². The molecule has 0 bridgehead atoms. The monoisotopic (exact) mass is 1680 g/mol. The number of carbonyl (C=O) groups is 10. The number of hydrogen-bond donors (Lipinski definition) is 10. The Hall–Kier alpha value is -5.79. The molecule has 658 valence electrons. The molecule has 0 aliphatic carbocycles. The zero-order chi connectivity index (χ0) is 86.8. The second kappa shape index (κ2) is 81.4. The summed E-state index contributed by atoms with van der Waals surface area (Å²) >= 11 is 0. The zero-order valence-electron chi connectivity index (χ0n) is 66.1. The minimum atomic E-state index is -4.45. The summed E-state index contributed by atoms with van der Waals surface area (Å²) in [6.45, 7) is 15.2. The van der Waals surface area contributed by atoms with Crippen molar-refractivity contribution >= 4 is 108 Å². The molecule has 0 radical (unpaired) electrons. The van der Waals surface area contributed by atoms with Crippen LogP contribution in [-0.2, 0) is 86.2 Å². The fraction of sp³-hybridized carbons (Fsp3) is 0.771. The van der Waals surface area contributed by atoms with Crippen molar-refractivity contribution in [2.75, 3.05) is 145 Å². The molecule has 2 amide bonds. The van der Waals surface area contributed by atoms with E-state index < -0.39 is 164 Å². The molecule has 10 N–H and O–H groups in total. The van der Waals surface area contributed by atoms with Gasteiger partial charge in [-0.25, -0.2) is 8.42 Å². The van der Waals surface area contributed by atoms with E-state index in [2.05, 4.69) is 16.4 Å². The molecule has 0 saturated heterocycles. The number of aromatic carboxylic acids is 1. The van der Waals surface area contributed by atoms with E-state index in [-0.39, 0.29) is 109 Å². The van der Waals surface area contributed by atoms with E-state index >= 15 is 0 Å². The first-order valence-corrected chi connectivity index (χ1v) is 37.9. The van der Waals surface area contributed by atoms with Crippen LogP contribution in [-0.4, -0.2) is 355 Å². The Morgan fingerprint density at radius 3 is 1.34 bits per heavy atom. The van der Waals surface area contributed by atoms with Crippen LogP contribution in [0.2, 0.25) is 0 Å². The molecule has 113 heavy (non-hydrogen) atoms. The average molecular weight is 1680 g/mol. The molecule has 0 aliphatic rings. The van der Waals surface area contributed by atoms with Gasteiger partial charge >= 0.3 is 37.7 Å². The SMILES string of the molecule is CCCCOC(C(O)CO)C(O)C(O)CO.CCCCOC(CO)C(O)CO.CCCCOCC(=O)NC(CC(=O)[O-])C(=O)[O-].CCCCOCCNC(=O)CN(CCN(CC(=O)[O-])CC(=O)[O-])CC(=O)[O-].CCCCOCCOC(CC(=O)[O-])C(=O)[O-].CCCCOS(=O)(=O)[O-].CCCCOc1cc(C)cc(C(=O)[O-])c1.[Ca+2]. The third-order valence-corrected chi connectivity index (χ3v) is 14.2. The summed E-state index contributed by atoms with van der Waals surface area (Å²) < 4.78 is 68.9. The molecule has 43 heteroatoms. The average Bonchev–Trinajstić information content (AvgIpc) is 0.867. The molecule has 1 rings (SSSR count). The maximum absolute atomic E-state index is 11.9. The standard InChI is InChI=1S/C16H29N3O8.C12H16O3.C10H17NO6.C10H22O6.C10H18O6.C8H18O4.C4H10O4S.Ca/c1-2-3-7-27-8-4-17-13(20)9-18(10-14(21)22)5-6-19(11-15(23)24)12-16(25)26;1-3-4-5-15-11-7-9(2)6-10(8-11)12(13)14;1-2-3-4-17-6-8(12)11-7(10(15)16)5-9(13)14;1-2-3-4-16-10(8(14)6-12)9(15)7(13)5-11;1-2-3-4-15-5-6-16-8(10(13)14)7-9(11)12;1-2-3-4-12-8(6-10)7(11)5-9;1-2-3-4-8-9(5,6)7;/h2-12H2,1H3,(H,17,20)(H,21,22)(H,23,24)(H,25,26);6-8H,3-5H2,1-2H3,(H,13,14);7H,2-6H2,1H3,(H,11,12)(H,13,14)(H,15,16);7-15H,2-6H2,1H3;8H,2-7H2,1H3,(H,11,12)(H,13,14);7-11H,2-6H2,1H3;2-4H2,1H3,(H,5,6,7);/q;;;;;;;+2/p-9. The van der Waals surface area contributed by atoms with E-state index in [1.165, 1.54) is 11.0 Å². The summed E-state index contributed by atoms with van der Waals surface area (Å²) in [6.07, 6.45) is 2.67. The van der Waals surface area contributed by atoms with Crippen molar-refractivity contribution in [3.05, 3.63) is 29.3 Å². The van der Waals surface area contributed by atoms with Gasteiger partial charge in [0, 0.05) is 103 Å². The Kier molecular flexibility index (Phi) is 86.7. The van der Waals surface area contributed by atoms with Gasteiger partial charge in [0.15, 0.2) is 0 Å². The van der Waals surface area contributed by atoms with E-state index in [1.807, 2.05) is 59.8 Å². The number of benzene rings is 1. The fourth-order valence-corrected chi connectivity index (χ4v) is 8.02. The van der Waals surface area contributed by atoms with Crippen molar-refractivity contribution in [2.24, 2.45) is 0 Å². The third-order valence-electron chi connectivity index (χ3n) is 13.7. The second-order valence-electron chi connectivity index (χ2n) is 24.0. The number of ether oxygens (including phenoxy) is 7. The van der Waals surface area contributed by atoms with Crippen molar-refractivity contribution in [3.8, 4) is 5.75 Å². The smallest absolute Gasteiger partial charge is 0.726 e. The minimum Gasteiger partial charge on any atom is -0.726 e. The predicted octanol–water partition coefficient (Wildman–Crippen LogP) is -10.8. The van der Waals surface area contributed by atoms with Crippen molar-refractivity contribution in [1.29, 1.82) is 0 Å². The number of rotatable bonds is 61. The molecule has 0 heterocycles. The summed E-state index contributed by atoms with van der Waals surface area (Å²) in [5.41, 5.74) is 1.03. The number of aliphatic hydroxyl groups is 8. The maximum Gasteiger partial charge on any atom is 2.00 e. The number of unbranched alkanes of at least 4 members (excludes halogenated alkanes) is 7. The Balaban J connectivity index is -0.000000237. The molecule has 1 aromatic carbocycles. The van der Waals surface area contributed by atoms with Crippen molar-refractivity contribution < 1.29 is 180 Å². The van der Waals surface area contributed by atoms with Gasteiger partial charge in [0.25, 0.3) is 0 Å². The van der Waals surface area contributed by atoms with Gasteiger partial charge in [-0.15, -0.1) is 0 Å². The van der Waals surface area contributed by atoms with Crippen LogP contribution in [0.1, 0.15) is 167 Å². The molecule has 0 fully saturated rings. The normalized spacial score (nSPS) is 12.8. The molecular weight excluding hydrogens is 1560 g/mol. The van der Waals surface area contributed by atoms with Crippen molar-refractivity contribution in [1.82, 2.24) is 20.4 Å². The second-order valence-corrected chi connectivity index (χ2v) is 25.0. The number of nitrogens with zero attached hydrogens (tertiary/aromatic N) is 2. The van der Waals surface area contributed by atoms with E-state index in [0.29, 0.717) is 58.4 Å². The first-order chi connectivity index (χ1) is 52.8. The van der Waals surface area contributed by atoms with E-state index in [4.69, 9.17) is 58.7 Å². The van der Waals surface area contributed by atoms with Gasteiger partial charge in [-0.3, -0.25) is 23.6 Å². The van der Waals surface area contributed by atoms with Gasteiger partial charge in [0.1, 0.15) is 55.1 Å². The predicted molar refractivity (Wildman–Crippen MR) is 383 cm³/mol. The number of nitrogens with one attached hydrogen (secondary N) is 2. The van der Waals surface area contributed by atoms with E-state index in [0.717, 1.165) is 93.9 Å². The maximum atomic E-state index is 11.9. The summed E-state index contributed by atoms with van der Waals surface area (Å²) in [4.78, 5) is 109. The number of carbonyl (C=O) groups excluding carboxylic acids is 10. The number of aryl methyl sites for hydroxylation is 1. The van der Waals surface area contributed by atoms with Crippen molar-refractivity contribution in [2.45, 2.75) is 207 Å². The molecule has 0 aliphatic heterocycles. The molecule has 0 saturated carbocycles. The van der Waals surface area contributed by atoms with Gasteiger partial charge in [0.05, 0.1) is 108 Å². The number of aliphatic hydroxyl groups excluding tert-OH is 8. The van der Waals surface area contributed by atoms with Gasteiger partial charge in [-0.05, 0) is 75.6 Å². The number of amides is 2. The van der Waals surface area contributed by atoms with Crippen LogP contribution in [0.3, 0.4) is 0 Å². The molecule has 1 aromatic rings. The zero-order valence-corrected chi connectivity index (χ0v) is 69.2. The van der Waals surface area contributed by atoms with Gasteiger partial charge in [-0.1, -0.05) is 93.4 Å².